The fourth-order valence-corrected chi connectivity index (χ4v) is 4.41. The SMILES string of the molecule is Cc1ccccc1NC(=O)Nc1ccc(CC(=O)NC(CC(C)C)c2ncc(C=CC(=O)O)s2)cc1. The predicted octanol–water partition coefficient (Wildman–Crippen LogP) is 5.64. The Morgan fingerprint density at radius 2 is 1.78 bits per heavy atom. The number of nitrogens with one attached hydrogen (secondary N) is 3. The molecular formula is C27H30N4O4S. The molecule has 3 rings (SSSR count). The van der Waals surface area contributed by atoms with Gasteiger partial charge >= 0.3 is 12.0 Å². The van der Waals surface area contributed by atoms with Crippen LogP contribution in [-0.4, -0.2) is 28.0 Å². The summed E-state index contributed by atoms with van der Waals surface area (Å²) in [5.41, 5.74) is 3.14. The summed E-state index contributed by atoms with van der Waals surface area (Å²) in [6, 6.07) is 14.0. The molecule has 0 aliphatic heterocycles. The van der Waals surface area contributed by atoms with Gasteiger partial charge in [-0.05, 0) is 54.7 Å². The molecule has 2 aromatic carbocycles. The van der Waals surface area contributed by atoms with Crippen LogP contribution >= 0.6 is 11.3 Å². The fourth-order valence-electron chi connectivity index (χ4n) is 3.52. The number of aryl methyl sites for hydroxylation is 1. The van der Waals surface area contributed by atoms with E-state index in [1.807, 2.05) is 31.2 Å². The standard InChI is InChI=1S/C27H30N4O4S/c1-17(2)14-23(26-28-16-21(36-26)12-13-25(33)34)30-24(32)15-19-8-10-20(11-9-19)29-27(35)31-22-7-5-4-6-18(22)3/h4-13,16-17,23H,14-15H2,1-3H3,(H,30,32)(H,33,34)(H2,29,31,35). The first-order chi connectivity index (χ1) is 17.2. The van der Waals surface area contributed by atoms with Crippen LogP contribution in [0, 0.1) is 12.8 Å². The van der Waals surface area contributed by atoms with Crippen LogP contribution in [0.2, 0.25) is 0 Å². The molecule has 1 heterocycles. The number of carboxylic acid groups (broad SMARTS) is 1. The first kappa shape index (κ1) is 26.6. The molecule has 1 aromatic heterocycles. The van der Waals surface area contributed by atoms with E-state index in [1.54, 1.807) is 30.5 Å². The Balaban J connectivity index is 1.58. The first-order valence-corrected chi connectivity index (χ1v) is 12.4. The summed E-state index contributed by atoms with van der Waals surface area (Å²) >= 11 is 1.36. The van der Waals surface area contributed by atoms with E-state index >= 15 is 0 Å². The average Bonchev–Trinajstić information content (AvgIpc) is 3.29. The van der Waals surface area contributed by atoms with Crippen molar-refractivity contribution in [3.05, 3.63) is 81.8 Å². The van der Waals surface area contributed by atoms with Crippen molar-refractivity contribution in [2.75, 3.05) is 10.6 Å². The molecule has 36 heavy (non-hydrogen) atoms. The molecular weight excluding hydrogens is 476 g/mol. The van der Waals surface area contributed by atoms with Gasteiger partial charge in [0.15, 0.2) is 0 Å². The summed E-state index contributed by atoms with van der Waals surface area (Å²) in [4.78, 5) is 40.9. The Morgan fingerprint density at radius 1 is 1.06 bits per heavy atom. The molecule has 0 saturated heterocycles. The first-order valence-electron chi connectivity index (χ1n) is 11.6. The van der Waals surface area contributed by atoms with E-state index in [-0.39, 0.29) is 24.4 Å². The number of carboxylic acids is 1. The van der Waals surface area contributed by atoms with Crippen molar-refractivity contribution in [1.82, 2.24) is 10.3 Å². The highest BCUT2D eigenvalue weighted by Crippen LogP contribution is 2.26. The van der Waals surface area contributed by atoms with E-state index in [0.717, 1.165) is 27.9 Å². The number of hydrogen-bond donors (Lipinski definition) is 4. The summed E-state index contributed by atoms with van der Waals surface area (Å²) in [5, 5.41) is 18.2. The monoisotopic (exact) mass is 506 g/mol. The molecule has 1 unspecified atom stereocenters. The molecule has 4 N–H and O–H groups in total. The third-order valence-corrected chi connectivity index (χ3v) is 6.32. The Labute approximate surface area is 214 Å². The molecule has 0 saturated carbocycles. The van der Waals surface area contributed by atoms with E-state index in [1.165, 1.54) is 17.4 Å². The normalized spacial score (nSPS) is 11.9. The number of rotatable bonds is 10. The van der Waals surface area contributed by atoms with Gasteiger partial charge in [0.05, 0.1) is 12.5 Å². The van der Waals surface area contributed by atoms with Crippen molar-refractivity contribution in [1.29, 1.82) is 0 Å². The van der Waals surface area contributed by atoms with Crippen molar-refractivity contribution < 1.29 is 19.5 Å². The van der Waals surface area contributed by atoms with E-state index in [4.69, 9.17) is 5.11 Å². The second-order valence-electron chi connectivity index (χ2n) is 8.79. The van der Waals surface area contributed by atoms with Gasteiger partial charge in [-0.3, -0.25) is 4.79 Å². The second kappa shape index (κ2) is 12.6. The molecule has 188 valence electrons. The maximum Gasteiger partial charge on any atom is 0.328 e. The number of anilines is 2. The van der Waals surface area contributed by atoms with Gasteiger partial charge in [-0.25, -0.2) is 14.6 Å². The number of carbonyl (C=O) groups is 3. The molecule has 8 nitrogen and oxygen atoms in total. The van der Waals surface area contributed by atoms with Gasteiger partial charge in [0.2, 0.25) is 5.91 Å². The largest absolute Gasteiger partial charge is 0.478 e. The molecule has 0 aliphatic rings. The predicted molar refractivity (Wildman–Crippen MR) is 143 cm³/mol. The number of nitrogens with zero attached hydrogens (tertiary/aromatic N) is 1. The highest BCUT2D eigenvalue weighted by molar-refractivity contribution is 7.12. The number of aliphatic carboxylic acids is 1. The van der Waals surface area contributed by atoms with E-state index in [9.17, 15) is 14.4 Å². The highest BCUT2D eigenvalue weighted by atomic mass is 32.1. The number of amides is 3. The fraction of sp³-hybridized carbons (Fsp3) is 0.259. The van der Waals surface area contributed by atoms with Crippen LogP contribution in [0.15, 0.2) is 60.8 Å². The minimum absolute atomic E-state index is 0.142. The zero-order chi connectivity index (χ0) is 26.1. The molecule has 0 radical (unpaired) electrons. The molecule has 0 aliphatic carbocycles. The third-order valence-electron chi connectivity index (χ3n) is 5.24. The Kier molecular flexibility index (Phi) is 9.35. The summed E-state index contributed by atoms with van der Waals surface area (Å²) in [7, 11) is 0. The smallest absolute Gasteiger partial charge is 0.328 e. The van der Waals surface area contributed by atoms with Crippen molar-refractivity contribution in [2.45, 2.75) is 39.7 Å². The van der Waals surface area contributed by atoms with Crippen LogP contribution in [0.1, 0.15) is 47.3 Å². The second-order valence-corrected chi connectivity index (χ2v) is 9.88. The quantitative estimate of drug-likeness (QED) is 0.265. The Hall–Kier alpha value is -3.98. The number of benzene rings is 2. The van der Waals surface area contributed by atoms with Crippen LogP contribution in [0.25, 0.3) is 6.08 Å². The lowest BCUT2D eigenvalue weighted by Crippen LogP contribution is -2.30. The molecule has 3 amide bonds. The van der Waals surface area contributed by atoms with Gasteiger partial charge in [-0.15, -0.1) is 11.3 Å². The van der Waals surface area contributed by atoms with Gasteiger partial charge in [-0.2, -0.15) is 0 Å². The van der Waals surface area contributed by atoms with Crippen LogP contribution in [-0.2, 0) is 16.0 Å². The molecule has 0 fully saturated rings. The molecule has 3 aromatic rings. The summed E-state index contributed by atoms with van der Waals surface area (Å²) in [6.45, 7) is 6.06. The number of para-hydroxylation sites is 1. The van der Waals surface area contributed by atoms with Gasteiger partial charge < -0.3 is 21.1 Å². The van der Waals surface area contributed by atoms with Crippen molar-refractivity contribution in [3.63, 3.8) is 0 Å². The molecule has 9 heteroatoms. The summed E-state index contributed by atoms with van der Waals surface area (Å²) in [5.74, 6) is -0.838. The van der Waals surface area contributed by atoms with Gasteiger partial charge in [0, 0.05) is 28.5 Å². The minimum Gasteiger partial charge on any atom is -0.478 e. The van der Waals surface area contributed by atoms with Crippen molar-refractivity contribution in [2.24, 2.45) is 5.92 Å². The lowest BCUT2D eigenvalue weighted by Gasteiger charge is -2.18. The van der Waals surface area contributed by atoms with E-state index < -0.39 is 5.97 Å². The van der Waals surface area contributed by atoms with Crippen LogP contribution < -0.4 is 16.0 Å². The number of carbonyl (C=O) groups excluding carboxylic acids is 2. The highest BCUT2D eigenvalue weighted by Gasteiger charge is 2.19. The third kappa shape index (κ3) is 8.35. The Bertz CT molecular complexity index is 1230. The molecule has 0 bridgehead atoms. The topological polar surface area (TPSA) is 120 Å². The van der Waals surface area contributed by atoms with Crippen LogP contribution in [0.3, 0.4) is 0 Å². The summed E-state index contributed by atoms with van der Waals surface area (Å²) < 4.78 is 0. The average molecular weight is 507 g/mol. The lowest BCUT2D eigenvalue weighted by atomic mass is 10.0. The van der Waals surface area contributed by atoms with Crippen LogP contribution in [0.5, 0.6) is 0 Å². The van der Waals surface area contributed by atoms with Gasteiger partial charge in [0.25, 0.3) is 0 Å². The maximum atomic E-state index is 12.8. The number of thiazole rings is 1. The van der Waals surface area contributed by atoms with Crippen molar-refractivity contribution in [3.8, 4) is 0 Å². The van der Waals surface area contributed by atoms with E-state index in [0.29, 0.717) is 22.9 Å². The van der Waals surface area contributed by atoms with Crippen molar-refractivity contribution >= 4 is 46.7 Å². The zero-order valence-electron chi connectivity index (χ0n) is 20.4. The molecule has 1 atom stereocenters. The molecule has 0 spiro atoms. The number of urea groups is 1. The van der Waals surface area contributed by atoms with Gasteiger partial charge in [-0.1, -0.05) is 44.2 Å². The maximum absolute atomic E-state index is 12.8. The zero-order valence-corrected chi connectivity index (χ0v) is 21.3. The summed E-state index contributed by atoms with van der Waals surface area (Å²) in [6.07, 6.45) is 5.06. The van der Waals surface area contributed by atoms with Crippen LogP contribution in [0.4, 0.5) is 16.2 Å². The Morgan fingerprint density at radius 3 is 2.44 bits per heavy atom. The number of aromatic nitrogens is 1. The lowest BCUT2D eigenvalue weighted by molar-refractivity contribution is -0.131. The minimum atomic E-state index is -1.02. The van der Waals surface area contributed by atoms with E-state index in [2.05, 4.69) is 34.8 Å². The number of hydrogen-bond acceptors (Lipinski definition) is 5. The van der Waals surface area contributed by atoms with Gasteiger partial charge in [0.1, 0.15) is 5.01 Å².